The first kappa shape index (κ1) is 15.1. The fourth-order valence-corrected chi connectivity index (χ4v) is 3.54. The predicted octanol–water partition coefficient (Wildman–Crippen LogP) is 5.20. The van der Waals surface area contributed by atoms with E-state index in [2.05, 4.69) is 52.0 Å². The summed E-state index contributed by atoms with van der Waals surface area (Å²) >= 11 is 0. The van der Waals surface area contributed by atoms with Gasteiger partial charge in [0.05, 0.1) is 11.5 Å². The van der Waals surface area contributed by atoms with Crippen molar-refractivity contribution in [1.29, 1.82) is 5.26 Å². The van der Waals surface area contributed by atoms with E-state index in [0.29, 0.717) is 0 Å². The smallest absolute Gasteiger partial charge is 0.0693 e. The predicted molar refractivity (Wildman–Crippen MR) is 84.5 cm³/mol. The number of nitrogens with zero attached hydrogens (tertiary/aromatic N) is 1. The van der Waals surface area contributed by atoms with Crippen molar-refractivity contribution in [2.24, 2.45) is 17.3 Å². The van der Waals surface area contributed by atoms with Crippen LogP contribution < -0.4 is 0 Å². The van der Waals surface area contributed by atoms with E-state index in [1.807, 2.05) is 0 Å². The quantitative estimate of drug-likeness (QED) is 0.739. The number of rotatable bonds is 3. The Kier molecular flexibility index (Phi) is 4.53. The second-order valence-corrected chi connectivity index (χ2v) is 7.08. The molecule has 0 aliphatic heterocycles. The maximum absolute atomic E-state index is 9.74. The summed E-state index contributed by atoms with van der Waals surface area (Å²) in [6.45, 7) is 8.93. The van der Waals surface area contributed by atoms with Gasteiger partial charge in [0.1, 0.15) is 0 Å². The Morgan fingerprint density at radius 2 is 1.90 bits per heavy atom. The van der Waals surface area contributed by atoms with Crippen LogP contribution in [0.2, 0.25) is 0 Å². The lowest BCUT2D eigenvalue weighted by molar-refractivity contribution is 0.175. The molecule has 1 heteroatoms. The Bertz CT molecular complexity index is 499. The first-order valence-electron chi connectivity index (χ1n) is 7.93. The lowest BCUT2D eigenvalue weighted by atomic mass is 9.66. The summed E-state index contributed by atoms with van der Waals surface area (Å²) in [4.78, 5) is 0. The van der Waals surface area contributed by atoms with E-state index in [9.17, 15) is 5.26 Å². The third kappa shape index (κ3) is 3.23. The molecule has 1 fully saturated rings. The summed E-state index contributed by atoms with van der Waals surface area (Å²) in [5, 5.41) is 9.74. The van der Waals surface area contributed by atoms with Gasteiger partial charge in [-0.15, -0.1) is 0 Å². The summed E-state index contributed by atoms with van der Waals surface area (Å²) in [5.74, 6) is 1.57. The normalized spacial score (nSPS) is 26.5. The monoisotopic (exact) mass is 269 g/mol. The average molecular weight is 269 g/mol. The minimum Gasteiger partial charge on any atom is -0.198 e. The summed E-state index contributed by atoms with van der Waals surface area (Å²) in [6, 6.07) is 9.29. The van der Waals surface area contributed by atoms with Gasteiger partial charge in [0, 0.05) is 0 Å². The van der Waals surface area contributed by atoms with Crippen LogP contribution in [0.1, 0.15) is 56.2 Å². The molecule has 0 heterocycles. The van der Waals surface area contributed by atoms with Gasteiger partial charge in [-0.3, -0.25) is 0 Å². The number of hydrogen-bond donors (Lipinski definition) is 0. The van der Waals surface area contributed by atoms with Crippen molar-refractivity contribution in [1.82, 2.24) is 0 Å². The van der Waals surface area contributed by atoms with Crippen molar-refractivity contribution in [2.75, 3.05) is 0 Å². The fourth-order valence-electron chi connectivity index (χ4n) is 3.54. The zero-order valence-electron chi connectivity index (χ0n) is 13.4. The van der Waals surface area contributed by atoms with Crippen LogP contribution in [-0.4, -0.2) is 0 Å². The topological polar surface area (TPSA) is 23.8 Å². The standard InChI is InChI=1S/C19H27N/c1-14(2)17-7-9-19(13-20,10-8-17)12-18-11-15(3)5-6-16(18)4/h5-6,11,14,17H,7-10,12H2,1-4H3. The molecule has 20 heavy (non-hydrogen) atoms. The SMILES string of the molecule is Cc1ccc(C)c(CC2(C#N)CCC(C(C)C)CC2)c1. The summed E-state index contributed by atoms with van der Waals surface area (Å²) in [7, 11) is 0. The van der Waals surface area contributed by atoms with Gasteiger partial charge in [-0.2, -0.15) is 5.26 Å². The highest BCUT2D eigenvalue weighted by Crippen LogP contribution is 2.43. The zero-order chi connectivity index (χ0) is 14.8. The maximum atomic E-state index is 9.74. The van der Waals surface area contributed by atoms with Gasteiger partial charge in [-0.1, -0.05) is 37.6 Å². The molecule has 0 amide bonds. The van der Waals surface area contributed by atoms with Crippen LogP contribution in [0.5, 0.6) is 0 Å². The van der Waals surface area contributed by atoms with Crippen molar-refractivity contribution in [3.63, 3.8) is 0 Å². The minimum absolute atomic E-state index is 0.121. The molecule has 0 atom stereocenters. The molecule has 0 unspecified atom stereocenters. The molecule has 1 aromatic rings. The van der Waals surface area contributed by atoms with Crippen molar-refractivity contribution in [3.05, 3.63) is 34.9 Å². The Morgan fingerprint density at radius 1 is 1.25 bits per heavy atom. The molecule has 0 aromatic heterocycles. The van der Waals surface area contributed by atoms with Crippen molar-refractivity contribution >= 4 is 0 Å². The van der Waals surface area contributed by atoms with Crippen molar-refractivity contribution < 1.29 is 0 Å². The van der Waals surface area contributed by atoms with E-state index in [1.165, 1.54) is 29.5 Å². The first-order chi connectivity index (χ1) is 9.46. The summed E-state index contributed by atoms with van der Waals surface area (Å²) < 4.78 is 0. The van der Waals surface area contributed by atoms with Gasteiger partial charge >= 0.3 is 0 Å². The molecule has 2 rings (SSSR count). The Balaban J connectivity index is 2.14. The molecule has 108 valence electrons. The molecule has 0 radical (unpaired) electrons. The Hall–Kier alpha value is -1.29. The van der Waals surface area contributed by atoms with Crippen LogP contribution in [0.25, 0.3) is 0 Å². The molecule has 0 bridgehead atoms. The maximum Gasteiger partial charge on any atom is 0.0693 e. The van der Waals surface area contributed by atoms with E-state index in [-0.39, 0.29) is 5.41 Å². The average Bonchev–Trinajstić information content (AvgIpc) is 2.43. The third-order valence-electron chi connectivity index (χ3n) is 5.20. The molecular weight excluding hydrogens is 242 g/mol. The molecule has 1 saturated carbocycles. The molecule has 1 aromatic carbocycles. The summed E-state index contributed by atoms with van der Waals surface area (Å²) in [5.41, 5.74) is 3.88. The Labute approximate surface area is 124 Å². The van der Waals surface area contributed by atoms with Crippen LogP contribution in [0.3, 0.4) is 0 Å². The van der Waals surface area contributed by atoms with Gasteiger partial charge in [0.15, 0.2) is 0 Å². The molecule has 0 spiro atoms. The Morgan fingerprint density at radius 3 is 2.45 bits per heavy atom. The molecule has 1 aliphatic rings. The van der Waals surface area contributed by atoms with E-state index in [1.54, 1.807) is 0 Å². The van der Waals surface area contributed by atoms with Crippen LogP contribution in [0.15, 0.2) is 18.2 Å². The van der Waals surface area contributed by atoms with E-state index >= 15 is 0 Å². The second-order valence-electron chi connectivity index (χ2n) is 7.08. The number of benzene rings is 1. The molecule has 1 aliphatic carbocycles. The molecule has 1 nitrogen and oxygen atoms in total. The molecular formula is C19H27N. The number of aryl methyl sites for hydroxylation is 2. The highest BCUT2D eigenvalue weighted by atomic mass is 14.4. The fraction of sp³-hybridized carbons (Fsp3) is 0.632. The second kappa shape index (κ2) is 6.00. The molecule has 0 N–H and O–H groups in total. The van der Waals surface area contributed by atoms with Crippen LogP contribution >= 0.6 is 0 Å². The van der Waals surface area contributed by atoms with E-state index in [0.717, 1.165) is 31.1 Å². The highest BCUT2D eigenvalue weighted by Gasteiger charge is 2.36. The summed E-state index contributed by atoms with van der Waals surface area (Å²) in [6.07, 6.45) is 5.51. The van der Waals surface area contributed by atoms with Crippen molar-refractivity contribution in [3.8, 4) is 6.07 Å². The lowest BCUT2D eigenvalue weighted by Crippen LogP contribution is -2.30. The van der Waals surface area contributed by atoms with Gasteiger partial charge in [-0.05, 0) is 68.9 Å². The van der Waals surface area contributed by atoms with Gasteiger partial charge in [0.25, 0.3) is 0 Å². The van der Waals surface area contributed by atoms with E-state index in [4.69, 9.17) is 0 Å². The third-order valence-corrected chi connectivity index (χ3v) is 5.20. The number of hydrogen-bond acceptors (Lipinski definition) is 1. The number of nitriles is 1. The minimum atomic E-state index is -0.121. The van der Waals surface area contributed by atoms with Crippen LogP contribution in [-0.2, 0) is 6.42 Å². The van der Waals surface area contributed by atoms with E-state index < -0.39 is 0 Å². The lowest BCUT2D eigenvalue weighted by Gasteiger charge is -2.37. The van der Waals surface area contributed by atoms with Crippen LogP contribution in [0, 0.1) is 42.4 Å². The first-order valence-corrected chi connectivity index (χ1v) is 7.93. The van der Waals surface area contributed by atoms with Crippen LogP contribution in [0.4, 0.5) is 0 Å². The largest absolute Gasteiger partial charge is 0.198 e. The van der Waals surface area contributed by atoms with Gasteiger partial charge in [-0.25, -0.2) is 0 Å². The highest BCUT2D eigenvalue weighted by molar-refractivity contribution is 5.32. The van der Waals surface area contributed by atoms with Gasteiger partial charge in [0.2, 0.25) is 0 Å². The van der Waals surface area contributed by atoms with Gasteiger partial charge < -0.3 is 0 Å². The molecule has 0 saturated heterocycles. The van der Waals surface area contributed by atoms with Crippen molar-refractivity contribution in [2.45, 2.75) is 59.8 Å². The zero-order valence-corrected chi connectivity index (χ0v) is 13.4.